The molecular formula is C13H13NO3. The molecule has 0 saturated heterocycles. The highest BCUT2D eigenvalue weighted by Crippen LogP contribution is 2.12. The average molecular weight is 231 g/mol. The number of benzene rings is 1. The van der Waals surface area contributed by atoms with Crippen LogP contribution in [0.2, 0.25) is 0 Å². The highest BCUT2D eigenvalue weighted by molar-refractivity contribution is 6.45. The molecule has 0 radical (unpaired) electrons. The van der Waals surface area contributed by atoms with Gasteiger partial charge in [0.15, 0.2) is 0 Å². The van der Waals surface area contributed by atoms with Crippen LogP contribution in [0, 0.1) is 12.3 Å². The fraction of sp³-hybridized carbons (Fsp3) is 0.231. The molecule has 0 fully saturated rings. The minimum atomic E-state index is -0.185. The minimum Gasteiger partial charge on any atom is -0.481 e. The Kier molecular flexibility index (Phi) is 4.77. The number of hydrogen-bond acceptors (Lipinski definition) is 4. The molecule has 4 heteroatoms. The van der Waals surface area contributed by atoms with Gasteiger partial charge in [-0.25, -0.2) is 0 Å². The molecule has 0 amide bonds. The molecule has 0 aliphatic carbocycles. The summed E-state index contributed by atoms with van der Waals surface area (Å²) in [4.78, 5) is 16.3. The smallest absolute Gasteiger partial charge is 0.210 e. The molecule has 0 saturated carbocycles. The molecule has 1 aromatic rings. The van der Waals surface area contributed by atoms with E-state index in [-0.39, 0.29) is 12.4 Å². The molecule has 0 spiro atoms. The molecule has 17 heavy (non-hydrogen) atoms. The van der Waals surface area contributed by atoms with Crippen molar-refractivity contribution in [2.24, 2.45) is 5.16 Å². The number of carbonyl (C=O) groups excluding carboxylic acids is 1. The summed E-state index contributed by atoms with van der Waals surface area (Å²) in [6, 6.07) is 6.68. The Morgan fingerprint density at radius 1 is 1.41 bits per heavy atom. The first-order valence-corrected chi connectivity index (χ1v) is 4.97. The van der Waals surface area contributed by atoms with Crippen LogP contribution >= 0.6 is 0 Å². The fourth-order valence-electron chi connectivity index (χ4n) is 1.21. The highest BCUT2D eigenvalue weighted by Gasteiger charge is 2.09. The second-order valence-corrected chi connectivity index (χ2v) is 3.21. The van der Waals surface area contributed by atoms with E-state index in [9.17, 15) is 4.79 Å². The van der Waals surface area contributed by atoms with Gasteiger partial charge in [-0.1, -0.05) is 11.1 Å². The lowest BCUT2D eigenvalue weighted by atomic mass is 10.1. The standard InChI is InChI=1S/C13H13NO3/c1-4-9-17-12-7-5-11(6-8-12)13(15)10(2)14-16-3/h1,5-8H,9H2,2-3H3. The molecule has 1 rings (SSSR count). The minimum absolute atomic E-state index is 0.185. The molecule has 0 aliphatic rings. The Hall–Kier alpha value is -2.28. The van der Waals surface area contributed by atoms with Crippen molar-refractivity contribution in [3.8, 4) is 18.1 Å². The number of hydrogen-bond donors (Lipinski definition) is 0. The first kappa shape index (κ1) is 12.8. The predicted octanol–water partition coefficient (Wildman–Crippen LogP) is 1.90. The van der Waals surface area contributed by atoms with E-state index in [0.717, 1.165) is 0 Å². The van der Waals surface area contributed by atoms with Crippen LogP contribution < -0.4 is 4.74 Å². The summed E-state index contributed by atoms with van der Waals surface area (Å²) in [6.07, 6.45) is 5.07. The molecule has 0 N–H and O–H groups in total. The summed E-state index contributed by atoms with van der Waals surface area (Å²) >= 11 is 0. The summed E-state index contributed by atoms with van der Waals surface area (Å²) in [5.74, 6) is 2.80. The van der Waals surface area contributed by atoms with Crippen molar-refractivity contribution >= 4 is 11.5 Å². The first-order chi connectivity index (χ1) is 8.19. The number of terminal acetylenes is 1. The van der Waals surface area contributed by atoms with Crippen molar-refractivity contribution in [2.45, 2.75) is 6.92 Å². The molecule has 88 valence electrons. The van der Waals surface area contributed by atoms with Gasteiger partial charge >= 0.3 is 0 Å². The van der Waals surface area contributed by atoms with Crippen molar-refractivity contribution in [2.75, 3.05) is 13.7 Å². The van der Waals surface area contributed by atoms with Crippen LogP contribution in [0.4, 0.5) is 0 Å². The van der Waals surface area contributed by atoms with Crippen LogP contribution in [-0.2, 0) is 4.84 Å². The van der Waals surface area contributed by atoms with Gasteiger partial charge in [0.1, 0.15) is 25.2 Å². The van der Waals surface area contributed by atoms with Gasteiger partial charge in [0, 0.05) is 5.56 Å². The molecule has 1 aromatic carbocycles. The Morgan fingerprint density at radius 3 is 2.59 bits per heavy atom. The second kappa shape index (κ2) is 6.33. The number of oxime groups is 1. The SMILES string of the molecule is C#CCOc1ccc(C(=O)C(C)=NOC)cc1. The summed E-state index contributed by atoms with van der Waals surface area (Å²) in [5, 5.41) is 3.58. The number of rotatable bonds is 5. The van der Waals surface area contributed by atoms with Gasteiger partial charge in [0.2, 0.25) is 5.78 Å². The summed E-state index contributed by atoms with van der Waals surface area (Å²) in [7, 11) is 1.40. The zero-order chi connectivity index (χ0) is 12.7. The molecule has 0 atom stereocenters. The van der Waals surface area contributed by atoms with Gasteiger partial charge in [0.05, 0.1) is 0 Å². The van der Waals surface area contributed by atoms with E-state index < -0.39 is 0 Å². The van der Waals surface area contributed by atoms with Gasteiger partial charge in [0.25, 0.3) is 0 Å². The predicted molar refractivity (Wildman–Crippen MR) is 65.2 cm³/mol. The lowest BCUT2D eigenvalue weighted by Gasteiger charge is -2.03. The Morgan fingerprint density at radius 2 is 2.06 bits per heavy atom. The lowest BCUT2D eigenvalue weighted by molar-refractivity contribution is 0.105. The molecule has 0 aliphatic heterocycles. The normalized spacial score (nSPS) is 10.5. The van der Waals surface area contributed by atoms with Crippen LogP contribution in [0.1, 0.15) is 17.3 Å². The van der Waals surface area contributed by atoms with Crippen molar-refractivity contribution in [1.29, 1.82) is 0 Å². The average Bonchev–Trinajstić information content (AvgIpc) is 2.36. The number of ether oxygens (including phenoxy) is 1. The van der Waals surface area contributed by atoms with Gasteiger partial charge in [-0.3, -0.25) is 4.79 Å². The molecule has 0 unspecified atom stereocenters. The number of Topliss-reactive ketones (excluding diaryl/α,β-unsaturated/α-hetero) is 1. The van der Waals surface area contributed by atoms with Crippen LogP contribution in [-0.4, -0.2) is 25.2 Å². The van der Waals surface area contributed by atoms with E-state index in [0.29, 0.717) is 17.0 Å². The Labute approximate surface area is 100 Å². The van der Waals surface area contributed by atoms with Crippen molar-refractivity contribution in [3.05, 3.63) is 29.8 Å². The topological polar surface area (TPSA) is 47.9 Å². The van der Waals surface area contributed by atoms with E-state index in [1.165, 1.54) is 7.11 Å². The Balaban J connectivity index is 2.78. The fourth-order valence-corrected chi connectivity index (χ4v) is 1.21. The van der Waals surface area contributed by atoms with Crippen LogP contribution in [0.5, 0.6) is 5.75 Å². The maximum Gasteiger partial charge on any atom is 0.210 e. The summed E-state index contributed by atoms with van der Waals surface area (Å²) in [6.45, 7) is 1.80. The molecule has 0 bridgehead atoms. The van der Waals surface area contributed by atoms with E-state index in [1.54, 1.807) is 31.2 Å². The van der Waals surface area contributed by atoms with Gasteiger partial charge < -0.3 is 9.57 Å². The van der Waals surface area contributed by atoms with E-state index in [1.807, 2.05) is 0 Å². The number of nitrogens with zero attached hydrogens (tertiary/aromatic N) is 1. The third-order valence-electron chi connectivity index (χ3n) is 2.00. The first-order valence-electron chi connectivity index (χ1n) is 4.97. The summed E-state index contributed by atoms with van der Waals surface area (Å²) < 4.78 is 5.20. The number of carbonyl (C=O) groups is 1. The summed E-state index contributed by atoms with van der Waals surface area (Å²) in [5.41, 5.74) is 0.821. The largest absolute Gasteiger partial charge is 0.481 e. The van der Waals surface area contributed by atoms with E-state index in [4.69, 9.17) is 11.2 Å². The van der Waals surface area contributed by atoms with E-state index >= 15 is 0 Å². The van der Waals surface area contributed by atoms with Gasteiger partial charge in [-0.2, -0.15) is 0 Å². The van der Waals surface area contributed by atoms with Crippen LogP contribution in [0.3, 0.4) is 0 Å². The van der Waals surface area contributed by atoms with Crippen molar-refractivity contribution < 1.29 is 14.4 Å². The number of ketones is 1. The zero-order valence-corrected chi connectivity index (χ0v) is 9.77. The monoisotopic (exact) mass is 231 g/mol. The van der Waals surface area contributed by atoms with Gasteiger partial charge in [-0.05, 0) is 31.2 Å². The zero-order valence-electron chi connectivity index (χ0n) is 9.77. The van der Waals surface area contributed by atoms with Crippen molar-refractivity contribution in [1.82, 2.24) is 0 Å². The van der Waals surface area contributed by atoms with Crippen LogP contribution in [0.25, 0.3) is 0 Å². The molecule has 4 nitrogen and oxygen atoms in total. The third kappa shape index (κ3) is 3.65. The molecule has 0 heterocycles. The van der Waals surface area contributed by atoms with E-state index in [2.05, 4.69) is 15.9 Å². The molecule has 0 aromatic heterocycles. The van der Waals surface area contributed by atoms with Gasteiger partial charge in [-0.15, -0.1) is 6.42 Å². The maximum atomic E-state index is 11.8. The maximum absolute atomic E-state index is 11.8. The Bertz CT molecular complexity index is 455. The second-order valence-electron chi connectivity index (χ2n) is 3.21. The van der Waals surface area contributed by atoms with Crippen molar-refractivity contribution in [3.63, 3.8) is 0 Å². The van der Waals surface area contributed by atoms with Crippen LogP contribution in [0.15, 0.2) is 29.4 Å². The third-order valence-corrected chi connectivity index (χ3v) is 2.00. The highest BCUT2D eigenvalue weighted by atomic mass is 16.6. The molecular weight excluding hydrogens is 218 g/mol. The quantitative estimate of drug-likeness (QED) is 0.336. The lowest BCUT2D eigenvalue weighted by Crippen LogP contribution is -2.10.